The van der Waals surface area contributed by atoms with Crippen molar-refractivity contribution in [1.29, 1.82) is 0 Å². The first-order valence-electron chi connectivity index (χ1n) is 11.7. The second-order valence-corrected chi connectivity index (χ2v) is 9.38. The summed E-state index contributed by atoms with van der Waals surface area (Å²) in [5.74, 6) is -0.491. The highest BCUT2D eigenvalue weighted by atomic mass is 79.9. The number of halogens is 1. The van der Waals surface area contributed by atoms with E-state index < -0.39 is 0 Å². The molecule has 0 atom stereocenters. The Morgan fingerprint density at radius 3 is 2.14 bits per heavy atom. The van der Waals surface area contributed by atoms with Crippen molar-refractivity contribution < 1.29 is 9.59 Å². The fraction of sp³-hybridized carbons (Fsp3) is 0.179. The first kappa shape index (κ1) is 23.1. The topological polar surface area (TPSA) is 82.6 Å². The van der Waals surface area contributed by atoms with Gasteiger partial charge in [0.2, 0.25) is 0 Å². The van der Waals surface area contributed by atoms with Gasteiger partial charge in [0.1, 0.15) is 0 Å². The second-order valence-electron chi connectivity index (χ2n) is 8.52. The van der Waals surface area contributed by atoms with Gasteiger partial charge in [0.25, 0.3) is 11.8 Å². The predicted molar refractivity (Wildman–Crippen MR) is 144 cm³/mol. The van der Waals surface area contributed by atoms with E-state index in [1.54, 1.807) is 18.2 Å². The number of aliphatic imine (C=N–C) groups is 1. The molecular weight excluding hydrogens is 504 g/mol. The number of nitrogens with zero attached hydrogens (tertiary/aromatic N) is 1. The molecule has 0 radical (unpaired) electrons. The summed E-state index contributed by atoms with van der Waals surface area (Å²) in [5.41, 5.74) is 6.77. The Kier molecular flexibility index (Phi) is 6.77. The molecule has 2 aliphatic heterocycles. The molecular formula is C28H25BrN4O2. The lowest BCUT2D eigenvalue weighted by molar-refractivity contribution is 0.101. The Bertz CT molecular complexity index is 1330. The SMILES string of the molecule is O=C(Nc1ccc(C2=NCCC2)cc1)c1ccc(C(=O)Nc2ccc(C3=CCCN3)cc2)c(Br)c1. The molecule has 0 aromatic heterocycles. The Balaban J connectivity index is 1.22. The van der Waals surface area contributed by atoms with E-state index in [9.17, 15) is 9.59 Å². The van der Waals surface area contributed by atoms with Crippen LogP contribution in [0.25, 0.3) is 5.70 Å². The van der Waals surface area contributed by atoms with Gasteiger partial charge in [-0.2, -0.15) is 0 Å². The molecule has 176 valence electrons. The number of benzene rings is 3. The molecule has 2 amide bonds. The quantitative estimate of drug-likeness (QED) is 0.374. The van der Waals surface area contributed by atoms with Gasteiger partial charge < -0.3 is 16.0 Å². The molecule has 0 spiro atoms. The summed E-state index contributed by atoms with van der Waals surface area (Å²) < 4.78 is 0.550. The highest BCUT2D eigenvalue weighted by Gasteiger charge is 2.15. The Morgan fingerprint density at radius 2 is 1.54 bits per heavy atom. The largest absolute Gasteiger partial charge is 0.385 e. The van der Waals surface area contributed by atoms with Crippen LogP contribution in [-0.2, 0) is 0 Å². The number of carbonyl (C=O) groups is 2. The maximum atomic E-state index is 12.8. The molecule has 0 bridgehead atoms. The van der Waals surface area contributed by atoms with Crippen LogP contribution in [0.15, 0.2) is 82.3 Å². The number of hydrogen-bond acceptors (Lipinski definition) is 4. The first-order chi connectivity index (χ1) is 17.1. The average molecular weight is 529 g/mol. The number of nitrogens with one attached hydrogen (secondary N) is 3. The van der Waals surface area contributed by atoms with Crippen LogP contribution < -0.4 is 16.0 Å². The zero-order valence-electron chi connectivity index (χ0n) is 19.1. The third-order valence-electron chi connectivity index (χ3n) is 6.09. The molecule has 0 saturated heterocycles. The Labute approximate surface area is 212 Å². The molecule has 2 aliphatic rings. The molecule has 3 aromatic rings. The number of amides is 2. The lowest BCUT2D eigenvalue weighted by Crippen LogP contribution is -2.15. The Morgan fingerprint density at radius 1 is 0.857 bits per heavy atom. The molecule has 6 nitrogen and oxygen atoms in total. The van der Waals surface area contributed by atoms with Crippen LogP contribution in [0.3, 0.4) is 0 Å². The summed E-state index contributed by atoms with van der Waals surface area (Å²) in [4.78, 5) is 30.1. The lowest BCUT2D eigenvalue weighted by atomic mass is 10.1. The van der Waals surface area contributed by atoms with Gasteiger partial charge in [-0.1, -0.05) is 30.3 Å². The minimum absolute atomic E-state index is 0.242. The minimum Gasteiger partial charge on any atom is -0.385 e. The van der Waals surface area contributed by atoms with E-state index >= 15 is 0 Å². The van der Waals surface area contributed by atoms with Crippen molar-refractivity contribution in [2.75, 3.05) is 23.7 Å². The standard InChI is InChI=1S/C28H25BrN4O2/c29-24-17-20(27(34)32-21-10-5-18(6-11-21)25-3-1-15-30-25)9-14-23(24)28(35)33-22-12-7-19(8-13-22)26-4-2-16-31-26/h4-14,17,31H,1-3,15-16H2,(H,32,34)(H,33,35). The van der Waals surface area contributed by atoms with E-state index in [0.29, 0.717) is 27.0 Å². The second kappa shape index (κ2) is 10.3. The van der Waals surface area contributed by atoms with Gasteiger partial charge in [0, 0.05) is 45.9 Å². The molecule has 0 unspecified atom stereocenters. The van der Waals surface area contributed by atoms with E-state index in [0.717, 1.165) is 54.9 Å². The third kappa shape index (κ3) is 5.35. The van der Waals surface area contributed by atoms with Crippen LogP contribution in [-0.4, -0.2) is 30.6 Å². The first-order valence-corrected chi connectivity index (χ1v) is 12.5. The maximum absolute atomic E-state index is 12.8. The monoisotopic (exact) mass is 528 g/mol. The zero-order chi connectivity index (χ0) is 24.2. The van der Waals surface area contributed by atoms with E-state index in [2.05, 4.69) is 42.9 Å². The third-order valence-corrected chi connectivity index (χ3v) is 6.74. The van der Waals surface area contributed by atoms with Crippen molar-refractivity contribution in [2.24, 2.45) is 4.99 Å². The molecule has 0 fully saturated rings. The maximum Gasteiger partial charge on any atom is 0.256 e. The molecule has 7 heteroatoms. The predicted octanol–water partition coefficient (Wildman–Crippen LogP) is 5.87. The number of rotatable bonds is 6. The van der Waals surface area contributed by atoms with Gasteiger partial charge in [-0.05, 0) is 88.8 Å². The molecule has 3 aromatic carbocycles. The van der Waals surface area contributed by atoms with Crippen LogP contribution in [0.4, 0.5) is 11.4 Å². The average Bonchev–Trinajstić information content (AvgIpc) is 3.60. The van der Waals surface area contributed by atoms with Crippen LogP contribution >= 0.6 is 15.9 Å². The normalized spacial score (nSPS) is 14.7. The molecule has 3 N–H and O–H groups in total. The van der Waals surface area contributed by atoms with Crippen molar-refractivity contribution in [1.82, 2.24) is 5.32 Å². The van der Waals surface area contributed by atoms with Crippen molar-refractivity contribution in [3.8, 4) is 0 Å². The van der Waals surface area contributed by atoms with E-state index in [1.165, 1.54) is 0 Å². The summed E-state index contributed by atoms with van der Waals surface area (Å²) >= 11 is 3.45. The van der Waals surface area contributed by atoms with Crippen LogP contribution in [0.2, 0.25) is 0 Å². The van der Waals surface area contributed by atoms with Gasteiger partial charge in [0.15, 0.2) is 0 Å². The number of carbonyl (C=O) groups excluding carboxylic acids is 2. The summed E-state index contributed by atoms with van der Waals surface area (Å²) in [6.45, 7) is 1.84. The lowest BCUT2D eigenvalue weighted by Gasteiger charge is -2.11. The van der Waals surface area contributed by atoms with Gasteiger partial charge in [-0.15, -0.1) is 0 Å². The fourth-order valence-corrected chi connectivity index (χ4v) is 4.77. The highest BCUT2D eigenvalue weighted by molar-refractivity contribution is 9.10. The summed E-state index contributed by atoms with van der Waals surface area (Å²) in [6, 6.07) is 20.4. The van der Waals surface area contributed by atoms with Gasteiger partial charge >= 0.3 is 0 Å². The summed E-state index contributed by atoms with van der Waals surface area (Å²) in [7, 11) is 0. The highest BCUT2D eigenvalue weighted by Crippen LogP contribution is 2.23. The van der Waals surface area contributed by atoms with Gasteiger partial charge in [0.05, 0.1) is 5.56 Å². The summed E-state index contributed by atoms with van der Waals surface area (Å²) in [6.07, 6.45) is 5.29. The van der Waals surface area contributed by atoms with Gasteiger partial charge in [-0.25, -0.2) is 0 Å². The number of hydrogen-bond donors (Lipinski definition) is 3. The van der Waals surface area contributed by atoms with Gasteiger partial charge in [-0.3, -0.25) is 14.6 Å². The van der Waals surface area contributed by atoms with Crippen LogP contribution in [0.5, 0.6) is 0 Å². The molecule has 0 saturated carbocycles. The fourth-order valence-electron chi connectivity index (χ4n) is 4.21. The van der Waals surface area contributed by atoms with E-state index in [1.807, 2.05) is 48.5 Å². The molecule has 0 aliphatic carbocycles. The smallest absolute Gasteiger partial charge is 0.256 e. The number of anilines is 2. The van der Waals surface area contributed by atoms with Crippen LogP contribution in [0, 0.1) is 0 Å². The van der Waals surface area contributed by atoms with Crippen LogP contribution in [0.1, 0.15) is 51.1 Å². The van der Waals surface area contributed by atoms with Crippen molar-refractivity contribution in [3.05, 3.63) is 99.5 Å². The van der Waals surface area contributed by atoms with Crippen molar-refractivity contribution in [3.63, 3.8) is 0 Å². The summed E-state index contributed by atoms with van der Waals surface area (Å²) in [5, 5.41) is 9.16. The Hall–Kier alpha value is -3.71. The molecule has 35 heavy (non-hydrogen) atoms. The van der Waals surface area contributed by atoms with E-state index in [4.69, 9.17) is 0 Å². The van der Waals surface area contributed by atoms with E-state index in [-0.39, 0.29) is 11.8 Å². The molecule has 2 heterocycles. The molecule has 5 rings (SSSR count). The van der Waals surface area contributed by atoms with Crippen molar-refractivity contribution in [2.45, 2.75) is 19.3 Å². The zero-order valence-corrected chi connectivity index (χ0v) is 20.7. The minimum atomic E-state index is -0.250. The van der Waals surface area contributed by atoms with Crippen molar-refractivity contribution >= 4 is 50.5 Å².